The highest BCUT2D eigenvalue weighted by Crippen LogP contribution is 2.19. The van der Waals surface area contributed by atoms with E-state index in [1.807, 2.05) is 18.4 Å². The van der Waals surface area contributed by atoms with Crippen LogP contribution in [0, 0.1) is 0 Å². The van der Waals surface area contributed by atoms with Crippen molar-refractivity contribution in [1.29, 1.82) is 0 Å². The standard InChI is InChI=1S/C18H32N4OS.HI/c1-15(17-6-4-13-24-17)14-20-18(19-2)21-16-7-10-22(11-8-16)9-5-12-23-3;/h4,6,13,15-16H,5,7-12,14H2,1-3H3,(H2,19,20,21);1H. The number of aliphatic imine (C=N–C) groups is 1. The second kappa shape index (κ2) is 12.9. The van der Waals surface area contributed by atoms with E-state index < -0.39 is 0 Å². The lowest BCUT2D eigenvalue weighted by Gasteiger charge is -2.33. The number of rotatable bonds is 8. The Morgan fingerprint density at radius 2 is 2.20 bits per heavy atom. The summed E-state index contributed by atoms with van der Waals surface area (Å²) in [6.07, 6.45) is 3.47. The van der Waals surface area contributed by atoms with E-state index >= 15 is 0 Å². The molecule has 0 amide bonds. The lowest BCUT2D eigenvalue weighted by molar-refractivity contribution is 0.155. The summed E-state index contributed by atoms with van der Waals surface area (Å²) in [5.41, 5.74) is 0. The summed E-state index contributed by atoms with van der Waals surface area (Å²) in [7, 11) is 3.62. The molecule has 1 aliphatic heterocycles. The van der Waals surface area contributed by atoms with Crippen LogP contribution >= 0.6 is 35.3 Å². The molecule has 2 N–H and O–H groups in total. The molecule has 1 aromatic rings. The Bertz CT molecular complexity index is 475. The normalized spacial score (nSPS) is 17.8. The van der Waals surface area contributed by atoms with Gasteiger partial charge in [-0.15, -0.1) is 35.3 Å². The van der Waals surface area contributed by atoms with Gasteiger partial charge in [0.2, 0.25) is 0 Å². The first-order valence-corrected chi connectivity index (χ1v) is 9.82. The highest BCUT2D eigenvalue weighted by molar-refractivity contribution is 14.0. The SMILES string of the molecule is CN=C(NCC(C)c1cccs1)NC1CCN(CCCOC)CC1.I. The van der Waals surface area contributed by atoms with Crippen molar-refractivity contribution in [1.82, 2.24) is 15.5 Å². The van der Waals surface area contributed by atoms with Crippen molar-refractivity contribution in [2.24, 2.45) is 4.99 Å². The summed E-state index contributed by atoms with van der Waals surface area (Å²) in [6.45, 7) is 7.48. The fourth-order valence-electron chi connectivity index (χ4n) is 3.04. The van der Waals surface area contributed by atoms with Gasteiger partial charge in [-0.3, -0.25) is 4.99 Å². The Morgan fingerprint density at radius 1 is 1.44 bits per heavy atom. The molecule has 1 saturated heterocycles. The third kappa shape index (κ3) is 8.23. The largest absolute Gasteiger partial charge is 0.385 e. The predicted molar refractivity (Wildman–Crippen MR) is 119 cm³/mol. The van der Waals surface area contributed by atoms with Crippen LogP contribution in [-0.2, 0) is 4.74 Å². The number of halogens is 1. The zero-order valence-corrected chi connectivity index (χ0v) is 18.8. The van der Waals surface area contributed by atoms with Gasteiger partial charge in [-0.05, 0) is 30.7 Å². The lowest BCUT2D eigenvalue weighted by Crippen LogP contribution is -2.49. The van der Waals surface area contributed by atoms with Crippen LogP contribution in [0.25, 0.3) is 0 Å². The van der Waals surface area contributed by atoms with E-state index in [0.717, 1.165) is 45.2 Å². The summed E-state index contributed by atoms with van der Waals surface area (Å²) in [5, 5.41) is 9.20. The maximum Gasteiger partial charge on any atom is 0.191 e. The van der Waals surface area contributed by atoms with Crippen LogP contribution in [0.2, 0.25) is 0 Å². The van der Waals surface area contributed by atoms with Gasteiger partial charge in [-0.25, -0.2) is 0 Å². The summed E-state index contributed by atoms with van der Waals surface area (Å²) in [5.74, 6) is 1.43. The van der Waals surface area contributed by atoms with Gasteiger partial charge in [-0.1, -0.05) is 13.0 Å². The molecular weight excluding hydrogens is 447 g/mol. The predicted octanol–water partition coefficient (Wildman–Crippen LogP) is 3.14. The number of ether oxygens (including phenoxy) is 1. The Morgan fingerprint density at radius 3 is 2.80 bits per heavy atom. The minimum absolute atomic E-state index is 0. The third-order valence-corrected chi connectivity index (χ3v) is 5.68. The molecule has 0 spiro atoms. The average Bonchev–Trinajstić information content (AvgIpc) is 3.14. The van der Waals surface area contributed by atoms with Gasteiger partial charge < -0.3 is 20.3 Å². The van der Waals surface area contributed by atoms with Crippen molar-refractivity contribution in [3.8, 4) is 0 Å². The quantitative estimate of drug-likeness (QED) is 0.260. The summed E-state index contributed by atoms with van der Waals surface area (Å²) in [6, 6.07) is 4.84. The van der Waals surface area contributed by atoms with E-state index in [-0.39, 0.29) is 24.0 Å². The van der Waals surface area contributed by atoms with Gasteiger partial charge in [0.25, 0.3) is 0 Å². The van der Waals surface area contributed by atoms with Crippen molar-refractivity contribution in [3.63, 3.8) is 0 Å². The number of likely N-dealkylation sites (tertiary alicyclic amines) is 1. The van der Waals surface area contributed by atoms with Crippen LogP contribution in [0.5, 0.6) is 0 Å². The molecule has 1 aliphatic rings. The fourth-order valence-corrected chi connectivity index (χ4v) is 3.83. The number of hydrogen-bond acceptors (Lipinski definition) is 4. The molecule has 2 heterocycles. The van der Waals surface area contributed by atoms with Crippen molar-refractivity contribution < 1.29 is 4.74 Å². The molecule has 0 aliphatic carbocycles. The third-order valence-electron chi connectivity index (χ3n) is 4.58. The van der Waals surface area contributed by atoms with Gasteiger partial charge in [0.1, 0.15) is 0 Å². The smallest absolute Gasteiger partial charge is 0.191 e. The van der Waals surface area contributed by atoms with E-state index in [1.54, 1.807) is 7.11 Å². The van der Waals surface area contributed by atoms with Crippen molar-refractivity contribution >= 4 is 41.3 Å². The molecule has 7 heteroatoms. The first kappa shape index (κ1) is 22.7. The van der Waals surface area contributed by atoms with Crippen molar-refractivity contribution in [2.45, 2.75) is 38.1 Å². The van der Waals surface area contributed by atoms with Crippen LogP contribution < -0.4 is 10.6 Å². The van der Waals surface area contributed by atoms with Crippen molar-refractivity contribution in [3.05, 3.63) is 22.4 Å². The Kier molecular flexibility index (Phi) is 11.7. The van der Waals surface area contributed by atoms with Crippen LogP contribution in [0.1, 0.15) is 37.0 Å². The molecule has 1 atom stereocenters. The minimum atomic E-state index is 0. The van der Waals surface area contributed by atoms with Gasteiger partial charge >= 0.3 is 0 Å². The lowest BCUT2D eigenvalue weighted by atomic mass is 10.1. The number of nitrogens with one attached hydrogen (secondary N) is 2. The van der Waals surface area contributed by atoms with E-state index in [9.17, 15) is 0 Å². The van der Waals surface area contributed by atoms with Gasteiger partial charge in [0, 0.05) is 63.8 Å². The molecule has 1 aromatic heterocycles. The van der Waals surface area contributed by atoms with Gasteiger partial charge in [0.15, 0.2) is 5.96 Å². The maximum absolute atomic E-state index is 5.13. The molecule has 0 radical (unpaired) electrons. The molecule has 0 aromatic carbocycles. The number of methoxy groups -OCH3 is 1. The Labute approximate surface area is 173 Å². The van der Waals surface area contributed by atoms with Crippen molar-refractivity contribution in [2.75, 3.05) is 46.9 Å². The summed E-state index contributed by atoms with van der Waals surface area (Å²) >= 11 is 1.82. The molecule has 2 rings (SSSR count). The van der Waals surface area contributed by atoms with E-state index in [2.05, 4.69) is 45.0 Å². The molecule has 1 fully saturated rings. The van der Waals surface area contributed by atoms with Gasteiger partial charge in [-0.2, -0.15) is 0 Å². The Balaban J connectivity index is 0.00000312. The molecule has 25 heavy (non-hydrogen) atoms. The van der Waals surface area contributed by atoms with E-state index in [0.29, 0.717) is 12.0 Å². The van der Waals surface area contributed by atoms with Gasteiger partial charge in [0.05, 0.1) is 0 Å². The van der Waals surface area contributed by atoms with E-state index in [1.165, 1.54) is 17.7 Å². The topological polar surface area (TPSA) is 48.9 Å². The maximum atomic E-state index is 5.13. The van der Waals surface area contributed by atoms with Crippen LogP contribution in [-0.4, -0.2) is 63.8 Å². The second-order valence-corrected chi connectivity index (χ2v) is 7.46. The molecule has 0 bridgehead atoms. The van der Waals surface area contributed by atoms with Crippen LogP contribution in [0.3, 0.4) is 0 Å². The highest BCUT2D eigenvalue weighted by Gasteiger charge is 2.19. The molecular formula is C18H33IN4OS. The monoisotopic (exact) mass is 480 g/mol. The molecule has 144 valence electrons. The van der Waals surface area contributed by atoms with Crippen LogP contribution in [0.4, 0.5) is 0 Å². The van der Waals surface area contributed by atoms with E-state index in [4.69, 9.17) is 4.74 Å². The number of piperidine rings is 1. The zero-order chi connectivity index (χ0) is 17.2. The number of guanidine groups is 1. The second-order valence-electron chi connectivity index (χ2n) is 6.48. The number of thiophene rings is 1. The summed E-state index contributed by atoms with van der Waals surface area (Å²) < 4.78 is 5.13. The zero-order valence-electron chi connectivity index (χ0n) is 15.7. The first-order chi connectivity index (χ1) is 11.7. The first-order valence-electron chi connectivity index (χ1n) is 8.94. The van der Waals surface area contributed by atoms with Crippen LogP contribution in [0.15, 0.2) is 22.5 Å². The fraction of sp³-hybridized carbons (Fsp3) is 0.722. The minimum Gasteiger partial charge on any atom is -0.385 e. The molecule has 0 saturated carbocycles. The summed E-state index contributed by atoms with van der Waals surface area (Å²) in [4.78, 5) is 8.34. The molecule has 1 unspecified atom stereocenters. The Hall–Kier alpha value is -0.380. The molecule has 5 nitrogen and oxygen atoms in total. The average molecular weight is 480 g/mol. The number of hydrogen-bond donors (Lipinski definition) is 2. The highest BCUT2D eigenvalue weighted by atomic mass is 127. The number of nitrogens with zero attached hydrogens (tertiary/aromatic N) is 2.